The van der Waals surface area contributed by atoms with Crippen molar-refractivity contribution in [3.63, 3.8) is 0 Å². The number of likely N-dealkylation sites (N-methyl/N-ethyl adjacent to an activating group) is 1. The van der Waals surface area contributed by atoms with E-state index in [-0.39, 0.29) is 17.9 Å². The molecule has 3 rings (SSSR count). The highest BCUT2D eigenvalue weighted by Crippen LogP contribution is 2.29. The number of amides is 2. The van der Waals surface area contributed by atoms with Crippen LogP contribution >= 0.6 is 0 Å². The maximum absolute atomic E-state index is 12.8. The minimum absolute atomic E-state index is 0.0207. The molecule has 8 nitrogen and oxygen atoms in total. The Kier molecular flexibility index (Phi) is 6.99. The maximum atomic E-state index is 12.8. The van der Waals surface area contributed by atoms with Crippen LogP contribution in [-0.4, -0.2) is 65.9 Å². The van der Waals surface area contributed by atoms with Gasteiger partial charge >= 0.3 is 0 Å². The van der Waals surface area contributed by atoms with Gasteiger partial charge in [-0.2, -0.15) is 0 Å². The summed E-state index contributed by atoms with van der Waals surface area (Å²) >= 11 is 0. The number of hydrogen-bond donors (Lipinski definition) is 1. The normalized spacial score (nSPS) is 16.7. The van der Waals surface area contributed by atoms with E-state index in [1.54, 1.807) is 51.4 Å². The number of nitrogens with zero attached hydrogens (tertiary/aromatic N) is 4. The van der Waals surface area contributed by atoms with Gasteiger partial charge in [0, 0.05) is 20.3 Å². The molecule has 2 heterocycles. The number of likely N-dealkylation sites (tertiary alicyclic amines) is 1. The number of nitrogens with one attached hydrogen (secondary N) is 1. The summed E-state index contributed by atoms with van der Waals surface area (Å²) in [5.41, 5.74) is 1.61. The number of aryl methyl sites for hydroxylation is 1. The number of anilines is 1. The van der Waals surface area contributed by atoms with Gasteiger partial charge in [-0.1, -0.05) is 18.6 Å². The molecule has 1 fully saturated rings. The molecule has 1 saturated heterocycles. The Morgan fingerprint density at radius 3 is 2.73 bits per heavy atom. The van der Waals surface area contributed by atoms with Crippen LogP contribution in [0.15, 0.2) is 30.5 Å². The number of rotatable bonds is 6. The van der Waals surface area contributed by atoms with Crippen LogP contribution in [0.3, 0.4) is 0 Å². The van der Waals surface area contributed by atoms with E-state index in [1.165, 1.54) is 0 Å². The second-order valence-corrected chi connectivity index (χ2v) is 7.65. The zero-order chi connectivity index (χ0) is 21.7. The molecule has 1 N–H and O–H groups in total. The first-order chi connectivity index (χ1) is 14.4. The average Bonchev–Trinajstić information content (AvgIpc) is 2.74. The first-order valence-electron chi connectivity index (χ1n) is 10.1. The number of piperidine rings is 1. The summed E-state index contributed by atoms with van der Waals surface area (Å²) in [5, 5.41) is 2.86. The van der Waals surface area contributed by atoms with E-state index in [0.29, 0.717) is 35.1 Å². The number of benzene rings is 1. The van der Waals surface area contributed by atoms with Crippen LogP contribution < -0.4 is 10.1 Å². The van der Waals surface area contributed by atoms with Crippen LogP contribution in [0.2, 0.25) is 0 Å². The van der Waals surface area contributed by atoms with Crippen molar-refractivity contribution in [2.24, 2.45) is 0 Å². The van der Waals surface area contributed by atoms with Crippen molar-refractivity contribution in [2.75, 3.05) is 39.6 Å². The van der Waals surface area contributed by atoms with E-state index in [9.17, 15) is 9.59 Å². The van der Waals surface area contributed by atoms with Crippen LogP contribution in [0.25, 0.3) is 0 Å². The molecule has 0 saturated carbocycles. The second-order valence-electron chi connectivity index (χ2n) is 7.65. The first-order valence-corrected chi connectivity index (χ1v) is 10.1. The number of carbonyl (C=O) groups is 2. The zero-order valence-corrected chi connectivity index (χ0v) is 18.0. The van der Waals surface area contributed by atoms with Crippen molar-refractivity contribution in [1.29, 1.82) is 0 Å². The fourth-order valence-electron chi connectivity index (χ4n) is 3.59. The molecule has 160 valence electrons. The Morgan fingerprint density at radius 2 is 2.03 bits per heavy atom. The van der Waals surface area contributed by atoms with Crippen LogP contribution in [0.4, 0.5) is 5.69 Å². The third kappa shape index (κ3) is 4.94. The average molecular weight is 412 g/mol. The predicted molar refractivity (Wildman–Crippen MR) is 115 cm³/mol. The highest BCUT2D eigenvalue weighted by atomic mass is 16.5. The molecular weight excluding hydrogens is 382 g/mol. The number of ether oxygens (including phenoxy) is 1. The molecule has 0 radical (unpaired) electrons. The molecule has 1 aliphatic rings. The monoisotopic (exact) mass is 411 g/mol. The molecular formula is C22H29N5O3. The predicted octanol–water partition coefficient (Wildman–Crippen LogP) is 2.66. The first kappa shape index (κ1) is 21.7. The van der Waals surface area contributed by atoms with Gasteiger partial charge in [-0.05, 0) is 38.4 Å². The zero-order valence-electron chi connectivity index (χ0n) is 18.0. The van der Waals surface area contributed by atoms with Crippen LogP contribution in [0, 0.1) is 6.92 Å². The van der Waals surface area contributed by atoms with Gasteiger partial charge in [-0.25, -0.2) is 9.97 Å². The summed E-state index contributed by atoms with van der Waals surface area (Å²) in [4.78, 5) is 37.8. The van der Waals surface area contributed by atoms with Crippen molar-refractivity contribution in [1.82, 2.24) is 19.8 Å². The molecule has 0 aliphatic carbocycles. The Morgan fingerprint density at radius 1 is 1.27 bits per heavy atom. The van der Waals surface area contributed by atoms with Crippen molar-refractivity contribution < 1.29 is 14.3 Å². The fourth-order valence-corrected chi connectivity index (χ4v) is 3.59. The van der Waals surface area contributed by atoms with E-state index < -0.39 is 0 Å². The van der Waals surface area contributed by atoms with Gasteiger partial charge in [0.25, 0.3) is 5.91 Å². The van der Waals surface area contributed by atoms with Gasteiger partial charge in [0.2, 0.25) is 5.91 Å². The Balaban J connectivity index is 1.78. The van der Waals surface area contributed by atoms with Gasteiger partial charge in [0.1, 0.15) is 11.6 Å². The molecule has 0 bridgehead atoms. The van der Waals surface area contributed by atoms with Crippen molar-refractivity contribution in [3.8, 4) is 5.75 Å². The molecule has 1 atom stereocenters. The summed E-state index contributed by atoms with van der Waals surface area (Å²) in [6.07, 6.45) is 4.58. The number of para-hydroxylation sites is 2. The molecule has 30 heavy (non-hydrogen) atoms. The minimum atomic E-state index is -0.285. The SMILES string of the molecule is COc1ccccc1NC(=O)c1cnc(C2CCCCN2CC(=O)N(C)C)nc1C. The van der Waals surface area contributed by atoms with E-state index in [4.69, 9.17) is 4.74 Å². The summed E-state index contributed by atoms with van der Waals surface area (Å²) < 4.78 is 5.29. The lowest BCUT2D eigenvalue weighted by atomic mass is 10.0. The smallest absolute Gasteiger partial charge is 0.259 e. The van der Waals surface area contributed by atoms with E-state index in [1.807, 2.05) is 12.1 Å². The van der Waals surface area contributed by atoms with Crippen molar-refractivity contribution in [2.45, 2.75) is 32.2 Å². The summed E-state index contributed by atoms with van der Waals surface area (Å²) in [5.74, 6) is 1.02. The van der Waals surface area contributed by atoms with E-state index >= 15 is 0 Å². The van der Waals surface area contributed by atoms with Crippen LogP contribution in [0.1, 0.15) is 47.2 Å². The lowest BCUT2D eigenvalue weighted by Crippen LogP contribution is -2.41. The summed E-state index contributed by atoms with van der Waals surface area (Å²) in [6, 6.07) is 7.22. The van der Waals surface area contributed by atoms with Crippen LogP contribution in [0.5, 0.6) is 5.75 Å². The van der Waals surface area contributed by atoms with Crippen molar-refractivity contribution in [3.05, 3.63) is 47.5 Å². The lowest BCUT2D eigenvalue weighted by Gasteiger charge is -2.34. The molecule has 0 spiro atoms. The molecule has 8 heteroatoms. The fraction of sp³-hybridized carbons (Fsp3) is 0.455. The summed E-state index contributed by atoms with van der Waals surface area (Å²) in [6.45, 7) is 2.99. The number of methoxy groups -OCH3 is 1. The minimum Gasteiger partial charge on any atom is -0.495 e. The van der Waals surface area contributed by atoms with Gasteiger partial charge in [0.15, 0.2) is 0 Å². The van der Waals surface area contributed by atoms with E-state index in [2.05, 4.69) is 20.2 Å². The standard InChI is InChI=1S/C22H29N5O3/c1-15-16(22(29)25-17-9-5-6-11-19(17)30-4)13-23-21(24-15)18-10-7-8-12-27(18)14-20(28)26(2)3/h5-6,9,11,13,18H,7-8,10,12,14H2,1-4H3,(H,25,29). The largest absolute Gasteiger partial charge is 0.495 e. The van der Waals surface area contributed by atoms with Crippen LogP contribution in [-0.2, 0) is 4.79 Å². The quantitative estimate of drug-likeness (QED) is 0.786. The molecule has 2 amide bonds. The van der Waals surface area contributed by atoms with Gasteiger partial charge in [-0.3, -0.25) is 14.5 Å². The summed E-state index contributed by atoms with van der Waals surface area (Å²) in [7, 11) is 5.08. The highest BCUT2D eigenvalue weighted by Gasteiger charge is 2.29. The topological polar surface area (TPSA) is 87.7 Å². The van der Waals surface area contributed by atoms with E-state index in [0.717, 1.165) is 25.8 Å². The number of carbonyl (C=O) groups excluding carboxylic acids is 2. The third-order valence-corrected chi connectivity index (χ3v) is 5.35. The molecule has 1 aliphatic heterocycles. The highest BCUT2D eigenvalue weighted by molar-refractivity contribution is 6.05. The molecule has 2 aromatic rings. The van der Waals surface area contributed by atoms with Gasteiger partial charge in [-0.15, -0.1) is 0 Å². The third-order valence-electron chi connectivity index (χ3n) is 5.35. The second kappa shape index (κ2) is 9.67. The number of aromatic nitrogens is 2. The van der Waals surface area contributed by atoms with Gasteiger partial charge < -0.3 is 15.0 Å². The Hall–Kier alpha value is -3.00. The molecule has 1 aromatic heterocycles. The Labute approximate surface area is 177 Å². The number of hydrogen-bond acceptors (Lipinski definition) is 6. The molecule has 1 unspecified atom stereocenters. The molecule has 1 aromatic carbocycles. The maximum Gasteiger partial charge on any atom is 0.259 e. The lowest BCUT2D eigenvalue weighted by molar-refractivity contribution is -0.130. The Bertz CT molecular complexity index is 915. The van der Waals surface area contributed by atoms with Crippen molar-refractivity contribution >= 4 is 17.5 Å². The van der Waals surface area contributed by atoms with Gasteiger partial charge in [0.05, 0.1) is 36.6 Å².